The summed E-state index contributed by atoms with van der Waals surface area (Å²) in [7, 11) is 4.52. The molecule has 1 aromatic carbocycles. The predicted octanol–water partition coefficient (Wildman–Crippen LogP) is 3.85. The first-order valence-corrected chi connectivity index (χ1v) is 10.5. The van der Waals surface area contributed by atoms with Crippen LogP contribution < -0.4 is 19.5 Å². The number of hydrogen-bond acceptors (Lipinski definition) is 8. The highest BCUT2D eigenvalue weighted by Gasteiger charge is 2.39. The van der Waals surface area contributed by atoms with Crippen molar-refractivity contribution in [1.29, 1.82) is 0 Å². The second kappa shape index (κ2) is 10.4. The van der Waals surface area contributed by atoms with E-state index in [4.69, 9.17) is 23.7 Å². The fourth-order valence-corrected chi connectivity index (χ4v) is 3.69. The van der Waals surface area contributed by atoms with Gasteiger partial charge in [-0.15, -0.1) is 0 Å². The predicted molar refractivity (Wildman–Crippen MR) is 120 cm³/mol. The third-order valence-corrected chi connectivity index (χ3v) is 4.91. The van der Waals surface area contributed by atoms with Gasteiger partial charge in [-0.2, -0.15) is 0 Å². The van der Waals surface area contributed by atoms with Gasteiger partial charge in [-0.1, -0.05) is 0 Å². The Balaban J connectivity index is 2.80. The molecule has 1 aromatic rings. The quantitative estimate of drug-likeness (QED) is 0.601. The minimum absolute atomic E-state index is 0.314. The van der Waals surface area contributed by atoms with Crippen molar-refractivity contribution in [2.75, 3.05) is 21.3 Å². The third kappa shape index (κ3) is 5.18. The van der Waals surface area contributed by atoms with Crippen LogP contribution in [0.5, 0.6) is 17.2 Å². The van der Waals surface area contributed by atoms with E-state index in [1.54, 1.807) is 53.7 Å². The van der Waals surface area contributed by atoms with Gasteiger partial charge >= 0.3 is 11.9 Å². The largest absolute Gasteiger partial charge is 0.493 e. The summed E-state index contributed by atoms with van der Waals surface area (Å²) in [5, 5.41) is 3.14. The average molecular weight is 448 g/mol. The molecule has 0 atom stereocenters. The molecule has 0 saturated heterocycles. The summed E-state index contributed by atoms with van der Waals surface area (Å²) in [6.07, 6.45) is -0.664. The molecule has 0 aliphatic carbocycles. The number of esters is 2. The Bertz CT molecular complexity index is 875. The number of rotatable bonds is 8. The zero-order valence-corrected chi connectivity index (χ0v) is 20.2. The molecule has 1 heterocycles. The number of hydrogen-bond donors (Lipinski definition) is 1. The lowest BCUT2D eigenvalue weighted by Crippen LogP contribution is -2.33. The molecule has 0 aromatic heterocycles. The van der Waals surface area contributed by atoms with Crippen LogP contribution in [0.1, 0.15) is 53.0 Å². The maximum Gasteiger partial charge on any atom is 0.337 e. The molecule has 0 amide bonds. The molecule has 1 N–H and O–H groups in total. The number of ether oxygens (including phenoxy) is 5. The van der Waals surface area contributed by atoms with Crippen molar-refractivity contribution >= 4 is 11.9 Å². The van der Waals surface area contributed by atoms with E-state index in [2.05, 4.69) is 5.32 Å². The van der Waals surface area contributed by atoms with Crippen LogP contribution in [0.4, 0.5) is 0 Å². The fourth-order valence-electron chi connectivity index (χ4n) is 3.69. The zero-order valence-electron chi connectivity index (χ0n) is 20.2. The molecule has 0 fully saturated rings. The Kier molecular flexibility index (Phi) is 8.19. The Morgan fingerprint density at radius 2 is 1.19 bits per heavy atom. The van der Waals surface area contributed by atoms with Crippen LogP contribution >= 0.6 is 0 Å². The molecule has 1 aliphatic rings. The summed E-state index contributed by atoms with van der Waals surface area (Å²) >= 11 is 0. The van der Waals surface area contributed by atoms with E-state index in [0.717, 1.165) is 0 Å². The van der Waals surface area contributed by atoms with Crippen molar-refractivity contribution in [2.24, 2.45) is 0 Å². The Hall–Kier alpha value is -3.16. The molecule has 32 heavy (non-hydrogen) atoms. The summed E-state index contributed by atoms with van der Waals surface area (Å²) in [5.74, 6) is -0.584. The molecule has 2 rings (SSSR count). The maximum atomic E-state index is 13.1. The van der Waals surface area contributed by atoms with Crippen LogP contribution in [0.2, 0.25) is 0 Å². The number of nitrogens with one attached hydrogen (secondary N) is 1. The highest BCUT2D eigenvalue weighted by Crippen LogP contribution is 2.45. The van der Waals surface area contributed by atoms with Gasteiger partial charge in [0.05, 0.1) is 50.6 Å². The molecule has 8 heteroatoms. The minimum Gasteiger partial charge on any atom is -0.493 e. The SMILES string of the molecule is COc1cc(C2C(C(=O)OC(C)C)=C(C)NC(C)=C2C(=O)OC(C)C)cc(OC)c1OC. The van der Waals surface area contributed by atoms with Crippen molar-refractivity contribution in [2.45, 2.75) is 59.7 Å². The first kappa shape index (κ1) is 25.1. The molecule has 1 aliphatic heterocycles. The van der Waals surface area contributed by atoms with Gasteiger partial charge in [0.25, 0.3) is 0 Å². The molecule has 8 nitrogen and oxygen atoms in total. The Morgan fingerprint density at radius 1 is 0.781 bits per heavy atom. The summed E-state index contributed by atoms with van der Waals surface area (Å²) in [5.41, 5.74) is 2.41. The van der Waals surface area contributed by atoms with Crippen LogP contribution in [0.25, 0.3) is 0 Å². The van der Waals surface area contributed by atoms with E-state index in [-0.39, 0.29) is 12.2 Å². The van der Waals surface area contributed by atoms with Crippen molar-refractivity contribution in [3.63, 3.8) is 0 Å². The van der Waals surface area contributed by atoms with Gasteiger partial charge in [-0.25, -0.2) is 9.59 Å². The summed E-state index contributed by atoms with van der Waals surface area (Å²) in [6.45, 7) is 10.6. The number of dihydropyridines is 1. The summed E-state index contributed by atoms with van der Waals surface area (Å²) < 4.78 is 27.5. The van der Waals surface area contributed by atoms with E-state index >= 15 is 0 Å². The highest BCUT2D eigenvalue weighted by atomic mass is 16.5. The lowest BCUT2D eigenvalue weighted by Gasteiger charge is -2.31. The first-order valence-electron chi connectivity index (χ1n) is 10.5. The second-order valence-electron chi connectivity index (χ2n) is 8.00. The second-order valence-corrected chi connectivity index (χ2v) is 8.00. The third-order valence-electron chi connectivity index (χ3n) is 4.91. The van der Waals surface area contributed by atoms with Crippen LogP contribution in [0.3, 0.4) is 0 Å². The van der Waals surface area contributed by atoms with Crippen LogP contribution in [0.15, 0.2) is 34.7 Å². The van der Waals surface area contributed by atoms with Gasteiger partial charge in [0.15, 0.2) is 11.5 Å². The fraction of sp³-hybridized carbons (Fsp3) is 0.500. The number of carbonyl (C=O) groups excluding carboxylic acids is 2. The standard InChI is InChI=1S/C24H33NO7/c1-12(2)31-23(26)19-14(5)25-15(6)20(24(27)32-13(3)4)21(19)16-10-17(28-7)22(30-9)18(11-16)29-8/h10-13,21,25H,1-9H3. The van der Waals surface area contributed by atoms with Crippen molar-refractivity contribution in [3.05, 3.63) is 40.2 Å². The van der Waals surface area contributed by atoms with Gasteiger partial charge in [0.1, 0.15) is 0 Å². The molecule has 0 spiro atoms. The molecular weight excluding hydrogens is 414 g/mol. The van der Waals surface area contributed by atoms with Crippen molar-refractivity contribution in [3.8, 4) is 17.2 Å². The Morgan fingerprint density at radius 3 is 1.50 bits per heavy atom. The number of allylic oxidation sites excluding steroid dienone is 2. The highest BCUT2D eigenvalue weighted by molar-refractivity contribution is 6.00. The number of benzene rings is 1. The van der Waals surface area contributed by atoms with Crippen LogP contribution in [0, 0.1) is 0 Å². The lowest BCUT2D eigenvalue weighted by molar-refractivity contribution is -0.143. The monoisotopic (exact) mass is 447 g/mol. The smallest absolute Gasteiger partial charge is 0.337 e. The topological polar surface area (TPSA) is 92.3 Å². The van der Waals surface area contributed by atoms with E-state index in [1.165, 1.54) is 21.3 Å². The van der Waals surface area contributed by atoms with E-state index in [0.29, 0.717) is 45.4 Å². The van der Waals surface area contributed by atoms with Gasteiger partial charge < -0.3 is 29.0 Å². The summed E-state index contributed by atoms with van der Waals surface area (Å²) in [6, 6.07) is 3.45. The van der Waals surface area contributed by atoms with E-state index in [9.17, 15) is 9.59 Å². The van der Waals surface area contributed by atoms with Crippen molar-refractivity contribution < 1.29 is 33.3 Å². The van der Waals surface area contributed by atoms with Gasteiger partial charge in [-0.3, -0.25) is 0 Å². The average Bonchev–Trinajstić information content (AvgIpc) is 2.70. The molecule has 0 radical (unpaired) electrons. The van der Waals surface area contributed by atoms with Crippen molar-refractivity contribution in [1.82, 2.24) is 5.32 Å². The molecule has 0 unspecified atom stereocenters. The molecular formula is C24H33NO7. The summed E-state index contributed by atoms with van der Waals surface area (Å²) in [4.78, 5) is 26.3. The maximum absolute atomic E-state index is 13.1. The van der Waals surface area contributed by atoms with E-state index in [1.807, 2.05) is 0 Å². The zero-order chi connectivity index (χ0) is 24.2. The lowest BCUT2D eigenvalue weighted by atomic mass is 9.80. The molecule has 176 valence electrons. The number of methoxy groups -OCH3 is 3. The molecule has 0 bridgehead atoms. The first-order chi connectivity index (χ1) is 15.0. The van der Waals surface area contributed by atoms with E-state index < -0.39 is 17.9 Å². The minimum atomic E-state index is -0.762. The Labute approximate surface area is 189 Å². The molecule has 0 saturated carbocycles. The van der Waals surface area contributed by atoms with Crippen LogP contribution in [-0.4, -0.2) is 45.5 Å². The van der Waals surface area contributed by atoms with Gasteiger partial charge in [0.2, 0.25) is 5.75 Å². The van der Waals surface area contributed by atoms with Crippen LogP contribution in [-0.2, 0) is 19.1 Å². The number of carbonyl (C=O) groups is 2. The van der Waals surface area contributed by atoms with Gasteiger partial charge in [-0.05, 0) is 59.2 Å². The normalized spacial score (nSPS) is 14.5. The van der Waals surface area contributed by atoms with Gasteiger partial charge in [0, 0.05) is 11.4 Å².